The highest BCUT2D eigenvalue weighted by Crippen LogP contribution is 2.30. The predicted octanol–water partition coefficient (Wildman–Crippen LogP) is 4.20. The van der Waals surface area contributed by atoms with Crippen LogP contribution in [0.4, 0.5) is 11.1 Å². The van der Waals surface area contributed by atoms with Crippen LogP contribution in [0, 0.1) is 0 Å². The molecule has 170 valence electrons. The molecular weight excluding hydrogens is 436 g/mol. The number of thiazole rings is 1. The van der Waals surface area contributed by atoms with Crippen LogP contribution in [0.15, 0.2) is 42.5 Å². The van der Waals surface area contributed by atoms with Crippen LogP contribution in [0.3, 0.4) is 0 Å². The molecule has 0 saturated heterocycles. The molecule has 4 N–H and O–H groups in total. The molecule has 2 aromatic carbocycles. The quantitative estimate of drug-likeness (QED) is 0.396. The third kappa shape index (κ3) is 4.69. The van der Waals surface area contributed by atoms with Crippen molar-refractivity contribution in [1.82, 2.24) is 19.9 Å². The van der Waals surface area contributed by atoms with E-state index in [1.54, 1.807) is 12.1 Å². The van der Waals surface area contributed by atoms with E-state index in [0.29, 0.717) is 16.2 Å². The average Bonchev–Trinajstić information content (AvgIpc) is 3.35. The number of ether oxygens (including phenoxy) is 1. The molecule has 8 nitrogen and oxygen atoms in total. The number of nitrogen functional groups attached to an aromatic ring is 1. The Morgan fingerprint density at radius 1 is 1.24 bits per heavy atom. The van der Waals surface area contributed by atoms with Crippen molar-refractivity contribution in [2.45, 2.75) is 39.5 Å². The zero-order chi connectivity index (χ0) is 22.9. The molecule has 0 radical (unpaired) electrons. The van der Waals surface area contributed by atoms with Crippen LogP contribution in [0.1, 0.15) is 40.3 Å². The van der Waals surface area contributed by atoms with Crippen LogP contribution < -0.4 is 15.8 Å². The summed E-state index contributed by atoms with van der Waals surface area (Å²) in [5.41, 5.74) is 9.83. The van der Waals surface area contributed by atoms with E-state index in [2.05, 4.69) is 37.3 Å². The summed E-state index contributed by atoms with van der Waals surface area (Å²) in [6, 6.07) is 13.7. The number of nitrogens with two attached hydrogens (primary N) is 1. The lowest BCUT2D eigenvalue weighted by atomic mass is 10.1. The first-order valence-electron chi connectivity index (χ1n) is 11.0. The van der Waals surface area contributed by atoms with Gasteiger partial charge >= 0.3 is 0 Å². The largest absolute Gasteiger partial charge is 0.491 e. The van der Waals surface area contributed by atoms with Gasteiger partial charge in [-0.15, -0.1) is 11.3 Å². The van der Waals surface area contributed by atoms with E-state index in [0.717, 1.165) is 43.0 Å². The molecule has 0 bridgehead atoms. The summed E-state index contributed by atoms with van der Waals surface area (Å²) >= 11 is 1.53. The number of amides is 1. The van der Waals surface area contributed by atoms with Crippen molar-refractivity contribution in [3.8, 4) is 5.75 Å². The van der Waals surface area contributed by atoms with Gasteiger partial charge in [0.25, 0.3) is 5.91 Å². The van der Waals surface area contributed by atoms with Gasteiger partial charge in [-0.25, -0.2) is 9.97 Å². The minimum absolute atomic E-state index is 0.169. The number of carbonyl (C=O) groups is 1. The molecule has 0 aliphatic carbocycles. The van der Waals surface area contributed by atoms with Gasteiger partial charge in [0.2, 0.25) is 0 Å². The van der Waals surface area contributed by atoms with Gasteiger partial charge in [0.05, 0.1) is 22.9 Å². The third-order valence-corrected chi connectivity index (χ3v) is 6.51. The van der Waals surface area contributed by atoms with Crippen molar-refractivity contribution in [3.63, 3.8) is 0 Å². The van der Waals surface area contributed by atoms with E-state index in [1.165, 1.54) is 21.8 Å². The molecule has 1 aliphatic heterocycles. The van der Waals surface area contributed by atoms with E-state index in [-0.39, 0.29) is 18.0 Å². The Balaban J connectivity index is 1.25. The van der Waals surface area contributed by atoms with Crippen LogP contribution in [-0.4, -0.2) is 38.4 Å². The minimum Gasteiger partial charge on any atom is -0.491 e. The number of nitrogens with one attached hydrogen (secondary N) is 2. The maximum absolute atomic E-state index is 12.9. The second-order valence-electron chi connectivity index (χ2n) is 8.44. The fourth-order valence-electron chi connectivity index (χ4n) is 4.04. The molecule has 4 aromatic rings. The van der Waals surface area contributed by atoms with Crippen LogP contribution in [0.25, 0.3) is 11.0 Å². The Kier molecular flexibility index (Phi) is 5.74. The molecule has 0 spiro atoms. The molecule has 3 heterocycles. The van der Waals surface area contributed by atoms with Crippen molar-refractivity contribution in [3.05, 3.63) is 64.2 Å². The van der Waals surface area contributed by atoms with Crippen molar-refractivity contribution >= 4 is 39.4 Å². The smallest absolute Gasteiger partial charge is 0.259 e. The van der Waals surface area contributed by atoms with Gasteiger partial charge in [-0.1, -0.05) is 18.2 Å². The van der Waals surface area contributed by atoms with Crippen LogP contribution in [0.5, 0.6) is 5.75 Å². The summed E-state index contributed by atoms with van der Waals surface area (Å²) < 4.78 is 5.73. The number of anilines is 2. The first kappa shape index (κ1) is 21.4. The number of nitrogens with zero attached hydrogens (tertiary/aromatic N) is 3. The summed E-state index contributed by atoms with van der Waals surface area (Å²) in [5, 5.41) is 3.56. The number of fused-ring (bicyclic) bond motifs is 2. The highest BCUT2D eigenvalue weighted by atomic mass is 32.1. The zero-order valence-electron chi connectivity index (χ0n) is 18.6. The first-order chi connectivity index (χ1) is 15.9. The second-order valence-corrected chi connectivity index (χ2v) is 9.52. The molecule has 5 rings (SSSR count). The Labute approximate surface area is 195 Å². The molecule has 0 atom stereocenters. The number of aromatic amines is 1. The Morgan fingerprint density at radius 2 is 2.06 bits per heavy atom. The van der Waals surface area contributed by atoms with E-state index >= 15 is 0 Å². The summed E-state index contributed by atoms with van der Waals surface area (Å²) in [7, 11) is 0. The monoisotopic (exact) mass is 462 g/mol. The lowest BCUT2D eigenvalue weighted by Gasteiger charge is -2.25. The number of para-hydroxylation sites is 1. The number of benzene rings is 2. The van der Waals surface area contributed by atoms with E-state index in [4.69, 9.17) is 10.5 Å². The topological polar surface area (TPSA) is 109 Å². The van der Waals surface area contributed by atoms with Crippen LogP contribution in [-0.2, 0) is 19.5 Å². The summed E-state index contributed by atoms with van der Waals surface area (Å²) in [6.07, 6.45) is 1.03. The summed E-state index contributed by atoms with van der Waals surface area (Å²) in [5.74, 6) is 0.946. The lowest BCUT2D eigenvalue weighted by molar-refractivity contribution is 0.102. The van der Waals surface area contributed by atoms with Gasteiger partial charge in [0.1, 0.15) is 11.3 Å². The van der Waals surface area contributed by atoms with Gasteiger partial charge in [-0.05, 0) is 43.7 Å². The van der Waals surface area contributed by atoms with Crippen molar-refractivity contribution < 1.29 is 9.53 Å². The fraction of sp³-hybridized carbons (Fsp3) is 0.292. The Hall–Kier alpha value is -3.43. The van der Waals surface area contributed by atoms with Crippen molar-refractivity contribution in [2.75, 3.05) is 17.6 Å². The van der Waals surface area contributed by atoms with Crippen molar-refractivity contribution in [1.29, 1.82) is 0 Å². The molecule has 1 amide bonds. The lowest BCUT2D eigenvalue weighted by Crippen LogP contribution is -2.29. The number of carbonyl (C=O) groups excluding carboxylic acids is 1. The molecule has 33 heavy (non-hydrogen) atoms. The van der Waals surface area contributed by atoms with Gasteiger partial charge in [0, 0.05) is 30.9 Å². The average molecular weight is 463 g/mol. The van der Waals surface area contributed by atoms with Gasteiger partial charge in [0.15, 0.2) is 11.1 Å². The number of rotatable bonds is 6. The molecular formula is C24H26N6O2S. The predicted molar refractivity (Wildman–Crippen MR) is 131 cm³/mol. The number of aromatic nitrogens is 3. The van der Waals surface area contributed by atoms with E-state index < -0.39 is 0 Å². The van der Waals surface area contributed by atoms with E-state index in [9.17, 15) is 4.79 Å². The first-order valence-corrected chi connectivity index (χ1v) is 11.8. The standard InChI is InChI=1S/C24H26N6O2S/c1-14(2)32-16-8-6-15(7-9-16)12-30-11-10-18-20(13-30)33-24(27-18)29-22(31)17-4-3-5-19-21(17)28-23(25)26-19/h3-9,14H,10-13H2,1-2H3,(H3,25,26,28)(H,27,29,31). The second kappa shape index (κ2) is 8.84. The third-order valence-electron chi connectivity index (χ3n) is 5.51. The number of imidazole rings is 1. The molecule has 9 heteroatoms. The van der Waals surface area contributed by atoms with Crippen LogP contribution in [0.2, 0.25) is 0 Å². The number of hydrogen-bond acceptors (Lipinski definition) is 7. The summed E-state index contributed by atoms with van der Waals surface area (Å²) in [4.78, 5) is 28.4. The highest BCUT2D eigenvalue weighted by molar-refractivity contribution is 7.15. The molecule has 0 saturated carbocycles. The molecule has 0 fully saturated rings. The number of hydrogen-bond donors (Lipinski definition) is 3. The van der Waals surface area contributed by atoms with Gasteiger partial charge in [-0.2, -0.15) is 0 Å². The van der Waals surface area contributed by atoms with Gasteiger partial charge in [-0.3, -0.25) is 15.0 Å². The molecule has 2 aromatic heterocycles. The normalized spacial score (nSPS) is 13.9. The van der Waals surface area contributed by atoms with Crippen LogP contribution >= 0.6 is 11.3 Å². The maximum atomic E-state index is 12.9. The molecule has 1 aliphatic rings. The zero-order valence-corrected chi connectivity index (χ0v) is 19.4. The van der Waals surface area contributed by atoms with Gasteiger partial charge < -0.3 is 15.5 Å². The maximum Gasteiger partial charge on any atom is 0.259 e. The highest BCUT2D eigenvalue weighted by Gasteiger charge is 2.22. The number of H-pyrrole nitrogens is 1. The fourth-order valence-corrected chi connectivity index (χ4v) is 5.09. The summed E-state index contributed by atoms with van der Waals surface area (Å²) in [6.45, 7) is 6.67. The SMILES string of the molecule is CC(C)Oc1ccc(CN2CCc3nc(NC(=O)c4cccc5[nH]c(N)nc45)sc3C2)cc1. The molecule has 0 unspecified atom stereocenters. The Morgan fingerprint density at radius 3 is 2.85 bits per heavy atom. The Bertz CT molecular complexity index is 1290. The van der Waals surface area contributed by atoms with Crippen molar-refractivity contribution in [2.24, 2.45) is 0 Å². The minimum atomic E-state index is -0.237. The van der Waals surface area contributed by atoms with E-state index in [1.807, 2.05) is 32.0 Å².